The van der Waals surface area contributed by atoms with Crippen LogP contribution in [-0.2, 0) is 0 Å². The zero-order valence-corrected chi connectivity index (χ0v) is 27.6. The van der Waals surface area contributed by atoms with Gasteiger partial charge in [-0.05, 0) is 54.6 Å². The summed E-state index contributed by atoms with van der Waals surface area (Å²) in [7, 11) is -1.20. The molecule has 49 heavy (non-hydrogen) atoms. The molecule has 0 amide bonds. The second-order valence-electron chi connectivity index (χ2n) is 11.6. The summed E-state index contributed by atoms with van der Waals surface area (Å²) in [6.07, 6.45) is 0. The monoisotopic (exact) mass is 648 g/mol. The van der Waals surface area contributed by atoms with Gasteiger partial charge in [0.1, 0.15) is 21.6 Å². The molecule has 0 bridgehead atoms. The van der Waals surface area contributed by atoms with Crippen molar-refractivity contribution in [1.29, 1.82) is 0 Å². The molecule has 232 valence electrons. The summed E-state index contributed by atoms with van der Waals surface area (Å²) in [5.74, 6) is 2.28. The predicted molar refractivity (Wildman–Crippen MR) is 203 cm³/mol. The highest BCUT2D eigenvalue weighted by Crippen LogP contribution is 2.34. The van der Waals surface area contributed by atoms with Gasteiger partial charge in [0.05, 0.1) is 13.6 Å². The van der Waals surface area contributed by atoms with Gasteiger partial charge in [0.15, 0.2) is 23.3 Å². The van der Waals surface area contributed by atoms with Crippen LogP contribution in [0.25, 0.3) is 56.9 Å². The zero-order chi connectivity index (χ0) is 32.8. The fourth-order valence-corrected chi connectivity index (χ4v) is 8.42. The third-order valence-corrected chi connectivity index (χ3v) is 11.0. The van der Waals surface area contributed by atoms with Crippen LogP contribution in [-0.4, -0.2) is 24.9 Å². The van der Waals surface area contributed by atoms with Crippen molar-refractivity contribution in [3.05, 3.63) is 182 Å². The SMILES string of the molecule is c1ccc(-c2nc(-c3ccc([PH+](c4ccccc4)c4ccccc4)cc3)cc(-c3nc(-c4ccccc4)nc(-c4ccccc4)n3)n2)cc1. The Morgan fingerprint density at radius 1 is 0.265 bits per heavy atom. The molecule has 8 rings (SSSR count). The smallest absolute Gasteiger partial charge is 0.182 e. The van der Waals surface area contributed by atoms with Gasteiger partial charge in [-0.15, -0.1) is 0 Å². The molecule has 0 spiro atoms. The topological polar surface area (TPSA) is 64.5 Å². The minimum absolute atomic E-state index is 0.490. The summed E-state index contributed by atoms with van der Waals surface area (Å²) < 4.78 is 0. The molecular formula is C43H31N5P+. The molecule has 0 fully saturated rings. The van der Waals surface area contributed by atoms with Crippen LogP contribution < -0.4 is 15.9 Å². The van der Waals surface area contributed by atoms with Crippen molar-refractivity contribution in [3.63, 3.8) is 0 Å². The van der Waals surface area contributed by atoms with Crippen molar-refractivity contribution < 1.29 is 0 Å². The Balaban J connectivity index is 1.26. The molecule has 0 radical (unpaired) electrons. The third-order valence-electron chi connectivity index (χ3n) is 8.28. The maximum absolute atomic E-state index is 5.08. The molecule has 0 unspecified atom stereocenters. The van der Waals surface area contributed by atoms with Gasteiger partial charge in [-0.2, -0.15) is 0 Å². The van der Waals surface area contributed by atoms with E-state index in [0.717, 1.165) is 27.9 Å². The minimum atomic E-state index is -1.20. The second-order valence-corrected chi connectivity index (χ2v) is 14.0. The van der Waals surface area contributed by atoms with Gasteiger partial charge in [-0.25, -0.2) is 24.9 Å². The van der Waals surface area contributed by atoms with Gasteiger partial charge < -0.3 is 0 Å². The van der Waals surface area contributed by atoms with Crippen LogP contribution in [0.5, 0.6) is 0 Å². The van der Waals surface area contributed by atoms with E-state index in [4.69, 9.17) is 24.9 Å². The minimum Gasteiger partial charge on any atom is -0.228 e. The molecule has 2 heterocycles. The summed E-state index contributed by atoms with van der Waals surface area (Å²) in [6, 6.07) is 62.4. The largest absolute Gasteiger partial charge is 0.228 e. The van der Waals surface area contributed by atoms with Gasteiger partial charge in [0.25, 0.3) is 0 Å². The molecule has 0 N–H and O–H groups in total. The lowest BCUT2D eigenvalue weighted by Crippen LogP contribution is -2.20. The van der Waals surface area contributed by atoms with E-state index in [-0.39, 0.29) is 0 Å². The van der Waals surface area contributed by atoms with Crippen LogP contribution in [0.15, 0.2) is 182 Å². The van der Waals surface area contributed by atoms with E-state index in [1.807, 2.05) is 97.1 Å². The summed E-state index contributed by atoms with van der Waals surface area (Å²) >= 11 is 0. The van der Waals surface area contributed by atoms with Crippen LogP contribution in [0, 0.1) is 0 Å². The van der Waals surface area contributed by atoms with Crippen LogP contribution in [0.2, 0.25) is 0 Å². The predicted octanol–water partition coefficient (Wildman–Crippen LogP) is 8.49. The summed E-state index contributed by atoms with van der Waals surface area (Å²) in [5.41, 5.74) is 5.15. The maximum Gasteiger partial charge on any atom is 0.182 e. The molecule has 5 nitrogen and oxygen atoms in total. The van der Waals surface area contributed by atoms with Crippen LogP contribution in [0.3, 0.4) is 0 Å². The number of rotatable bonds is 8. The maximum atomic E-state index is 5.08. The van der Waals surface area contributed by atoms with Crippen molar-refractivity contribution >= 4 is 23.8 Å². The normalized spacial score (nSPS) is 11.0. The van der Waals surface area contributed by atoms with E-state index >= 15 is 0 Å². The van der Waals surface area contributed by atoms with E-state index in [1.54, 1.807) is 0 Å². The van der Waals surface area contributed by atoms with Crippen LogP contribution in [0.1, 0.15) is 0 Å². The number of benzene rings is 6. The Kier molecular flexibility index (Phi) is 8.57. The van der Waals surface area contributed by atoms with Gasteiger partial charge in [0.2, 0.25) is 0 Å². The first kappa shape index (κ1) is 30.2. The molecule has 0 atom stereocenters. The van der Waals surface area contributed by atoms with E-state index < -0.39 is 7.92 Å². The first-order chi connectivity index (χ1) is 24.3. The average molecular weight is 649 g/mol. The molecule has 0 saturated heterocycles. The van der Waals surface area contributed by atoms with Gasteiger partial charge in [-0.3, -0.25) is 0 Å². The highest BCUT2D eigenvalue weighted by atomic mass is 31.1. The fourth-order valence-electron chi connectivity index (χ4n) is 5.87. The average Bonchev–Trinajstić information content (AvgIpc) is 3.20. The molecule has 0 saturated carbocycles. The van der Waals surface area contributed by atoms with E-state index in [0.29, 0.717) is 29.0 Å². The Morgan fingerprint density at radius 2 is 0.612 bits per heavy atom. The van der Waals surface area contributed by atoms with E-state index in [2.05, 4.69) is 84.9 Å². The van der Waals surface area contributed by atoms with E-state index in [1.165, 1.54) is 15.9 Å². The molecule has 2 aromatic heterocycles. The number of hydrogen-bond acceptors (Lipinski definition) is 5. The molecular weight excluding hydrogens is 617 g/mol. The summed E-state index contributed by atoms with van der Waals surface area (Å²) in [5, 5.41) is 4.00. The molecule has 8 aromatic rings. The summed E-state index contributed by atoms with van der Waals surface area (Å²) in [4.78, 5) is 24.9. The highest BCUT2D eigenvalue weighted by Gasteiger charge is 2.25. The Bertz CT molecular complexity index is 2200. The lowest BCUT2D eigenvalue weighted by atomic mass is 10.1. The number of aromatic nitrogens is 5. The van der Waals surface area contributed by atoms with Crippen molar-refractivity contribution in [2.24, 2.45) is 0 Å². The fraction of sp³-hybridized carbons (Fsp3) is 0. The third kappa shape index (κ3) is 6.66. The molecule has 0 aliphatic heterocycles. The zero-order valence-electron chi connectivity index (χ0n) is 26.6. The van der Waals surface area contributed by atoms with Crippen molar-refractivity contribution in [2.45, 2.75) is 0 Å². The standard InChI is InChI=1S/C43H30N5P/c1-6-16-32(17-7-1)40-44-38(31-26-28-37(29-27-31)49(35-22-12-4-13-23-35)36-24-14-5-15-25-36)30-39(45-40)43-47-41(33-18-8-2-9-19-33)46-42(48-43)34-20-10-3-11-21-34/h1-30H/p+1. The summed E-state index contributed by atoms with van der Waals surface area (Å²) in [6.45, 7) is 0. The highest BCUT2D eigenvalue weighted by molar-refractivity contribution is 7.79. The Labute approximate surface area is 286 Å². The Morgan fingerprint density at radius 3 is 1.06 bits per heavy atom. The van der Waals surface area contributed by atoms with Gasteiger partial charge in [-0.1, -0.05) is 127 Å². The lowest BCUT2D eigenvalue weighted by molar-refractivity contribution is 1.05. The molecule has 0 aliphatic rings. The Hall–Kier alpha value is -6.16. The van der Waals surface area contributed by atoms with Crippen molar-refractivity contribution in [3.8, 4) is 56.9 Å². The number of nitrogens with zero attached hydrogens (tertiary/aromatic N) is 5. The first-order valence-electron chi connectivity index (χ1n) is 16.2. The molecule has 6 aromatic carbocycles. The molecule has 0 aliphatic carbocycles. The molecule has 6 heteroatoms. The van der Waals surface area contributed by atoms with Crippen molar-refractivity contribution in [2.75, 3.05) is 0 Å². The quantitative estimate of drug-likeness (QED) is 0.155. The van der Waals surface area contributed by atoms with Crippen LogP contribution >= 0.6 is 7.92 Å². The van der Waals surface area contributed by atoms with Crippen LogP contribution in [0.4, 0.5) is 0 Å². The van der Waals surface area contributed by atoms with Gasteiger partial charge in [0, 0.05) is 22.3 Å². The van der Waals surface area contributed by atoms with E-state index in [9.17, 15) is 0 Å². The van der Waals surface area contributed by atoms with Crippen molar-refractivity contribution in [1.82, 2.24) is 24.9 Å². The lowest BCUT2D eigenvalue weighted by Gasteiger charge is -2.12. The van der Waals surface area contributed by atoms with Gasteiger partial charge >= 0.3 is 0 Å². The first-order valence-corrected chi connectivity index (χ1v) is 17.7. The number of hydrogen-bond donors (Lipinski definition) is 0. The second kappa shape index (κ2) is 13.9.